The maximum Gasteiger partial charge on any atom is 0.0678 e. The van der Waals surface area contributed by atoms with Gasteiger partial charge in [-0.2, -0.15) is 0 Å². The molecule has 0 aromatic heterocycles. The highest BCUT2D eigenvalue weighted by Crippen LogP contribution is 2.22. The highest BCUT2D eigenvalue weighted by atomic mass is 16.3. The molecule has 0 radical (unpaired) electrons. The van der Waals surface area contributed by atoms with E-state index in [2.05, 4.69) is 26.0 Å². The molecule has 0 aromatic rings. The predicted molar refractivity (Wildman–Crippen MR) is 47.3 cm³/mol. The third-order valence-electron chi connectivity index (χ3n) is 2.25. The summed E-state index contributed by atoms with van der Waals surface area (Å²) < 4.78 is 0. The molecule has 0 saturated carbocycles. The first-order valence-corrected chi connectivity index (χ1v) is 4.22. The van der Waals surface area contributed by atoms with Crippen LogP contribution in [0.4, 0.5) is 0 Å². The monoisotopic (exact) mass is 152 g/mol. The first kappa shape index (κ1) is 8.54. The van der Waals surface area contributed by atoms with Crippen LogP contribution in [-0.2, 0) is 0 Å². The number of aliphatic hydroxyl groups is 1. The molecular weight excluding hydrogens is 136 g/mol. The Morgan fingerprint density at radius 1 is 1.64 bits per heavy atom. The minimum atomic E-state index is 0.182. The Hall–Kier alpha value is -0.560. The molecule has 1 atom stereocenters. The number of aliphatic hydroxyl groups excluding tert-OH is 1. The molecule has 0 spiro atoms. The van der Waals surface area contributed by atoms with Gasteiger partial charge in [0.25, 0.3) is 0 Å². The van der Waals surface area contributed by atoms with Gasteiger partial charge in [-0.1, -0.05) is 32.1 Å². The van der Waals surface area contributed by atoms with Crippen molar-refractivity contribution < 1.29 is 5.11 Å². The molecule has 1 rings (SSSR count). The van der Waals surface area contributed by atoms with E-state index in [9.17, 15) is 0 Å². The van der Waals surface area contributed by atoms with Crippen molar-refractivity contribution in [2.45, 2.75) is 20.3 Å². The van der Waals surface area contributed by atoms with Crippen LogP contribution in [0.1, 0.15) is 20.3 Å². The molecule has 0 bridgehead atoms. The van der Waals surface area contributed by atoms with Gasteiger partial charge in [-0.25, -0.2) is 0 Å². The molecule has 0 aromatic carbocycles. The first-order chi connectivity index (χ1) is 5.24. The summed E-state index contributed by atoms with van der Waals surface area (Å²) in [5.41, 5.74) is 1.06. The van der Waals surface area contributed by atoms with Crippen molar-refractivity contribution in [1.82, 2.24) is 0 Å². The summed E-state index contributed by atoms with van der Waals surface area (Å²) in [7, 11) is 0. The summed E-state index contributed by atoms with van der Waals surface area (Å²) in [6.07, 6.45) is 7.46. The fraction of sp³-hybridized carbons (Fsp3) is 0.600. The SMILES string of the molecule is CC(C)[C@@H]1C=CC(CO)=CC1. The zero-order valence-corrected chi connectivity index (χ0v) is 7.25. The van der Waals surface area contributed by atoms with Crippen LogP contribution in [0.15, 0.2) is 23.8 Å². The summed E-state index contributed by atoms with van der Waals surface area (Å²) in [6.45, 7) is 4.64. The molecule has 0 amide bonds. The van der Waals surface area contributed by atoms with E-state index < -0.39 is 0 Å². The van der Waals surface area contributed by atoms with Crippen LogP contribution in [0.25, 0.3) is 0 Å². The van der Waals surface area contributed by atoms with Crippen molar-refractivity contribution >= 4 is 0 Å². The van der Waals surface area contributed by atoms with Crippen molar-refractivity contribution in [3.8, 4) is 0 Å². The fourth-order valence-electron chi connectivity index (χ4n) is 1.29. The summed E-state index contributed by atoms with van der Waals surface area (Å²) in [4.78, 5) is 0. The standard InChI is InChI=1S/C10H16O/c1-8(2)10-5-3-9(7-11)4-6-10/h3-5,8,10-11H,6-7H2,1-2H3/t10-/m1/s1. The second kappa shape index (κ2) is 3.72. The summed E-state index contributed by atoms with van der Waals surface area (Å²) in [5, 5.41) is 8.80. The van der Waals surface area contributed by atoms with Crippen molar-refractivity contribution in [1.29, 1.82) is 0 Å². The quantitative estimate of drug-likeness (QED) is 0.642. The lowest BCUT2D eigenvalue weighted by Gasteiger charge is -2.18. The number of hydrogen-bond donors (Lipinski definition) is 1. The van der Waals surface area contributed by atoms with Crippen LogP contribution in [0.5, 0.6) is 0 Å². The first-order valence-electron chi connectivity index (χ1n) is 4.22. The largest absolute Gasteiger partial charge is 0.392 e. The Kier molecular flexibility index (Phi) is 2.89. The molecule has 1 nitrogen and oxygen atoms in total. The zero-order chi connectivity index (χ0) is 8.27. The van der Waals surface area contributed by atoms with Crippen LogP contribution < -0.4 is 0 Å². The van der Waals surface area contributed by atoms with E-state index in [4.69, 9.17) is 5.11 Å². The maximum atomic E-state index is 8.80. The molecule has 1 heteroatoms. The van der Waals surface area contributed by atoms with Gasteiger partial charge in [0.2, 0.25) is 0 Å². The lowest BCUT2D eigenvalue weighted by Crippen LogP contribution is -2.08. The molecule has 0 aliphatic heterocycles. The lowest BCUT2D eigenvalue weighted by molar-refractivity contribution is 0.332. The second-order valence-electron chi connectivity index (χ2n) is 3.44. The third-order valence-corrected chi connectivity index (χ3v) is 2.25. The Labute approximate surface area is 68.4 Å². The van der Waals surface area contributed by atoms with Gasteiger partial charge in [0.15, 0.2) is 0 Å². The Morgan fingerprint density at radius 2 is 2.36 bits per heavy atom. The molecule has 1 N–H and O–H groups in total. The molecule has 62 valence electrons. The van der Waals surface area contributed by atoms with Crippen LogP contribution in [0, 0.1) is 11.8 Å². The van der Waals surface area contributed by atoms with E-state index in [1.165, 1.54) is 0 Å². The highest BCUT2D eigenvalue weighted by Gasteiger charge is 2.11. The predicted octanol–water partition coefficient (Wildman–Crippen LogP) is 2.14. The topological polar surface area (TPSA) is 20.2 Å². The Bertz CT molecular complexity index is 177. The molecule has 11 heavy (non-hydrogen) atoms. The van der Waals surface area contributed by atoms with Gasteiger partial charge in [0.1, 0.15) is 0 Å². The van der Waals surface area contributed by atoms with Crippen LogP contribution >= 0.6 is 0 Å². The fourth-order valence-corrected chi connectivity index (χ4v) is 1.29. The second-order valence-corrected chi connectivity index (χ2v) is 3.44. The molecule has 0 saturated heterocycles. The molecule has 0 fully saturated rings. The lowest BCUT2D eigenvalue weighted by atomic mass is 9.88. The van der Waals surface area contributed by atoms with E-state index >= 15 is 0 Å². The van der Waals surface area contributed by atoms with E-state index in [0.717, 1.165) is 12.0 Å². The van der Waals surface area contributed by atoms with Crippen molar-refractivity contribution in [2.24, 2.45) is 11.8 Å². The van der Waals surface area contributed by atoms with Crippen molar-refractivity contribution in [2.75, 3.05) is 6.61 Å². The zero-order valence-electron chi connectivity index (χ0n) is 7.25. The van der Waals surface area contributed by atoms with Crippen molar-refractivity contribution in [3.05, 3.63) is 23.8 Å². The van der Waals surface area contributed by atoms with Crippen LogP contribution in [-0.4, -0.2) is 11.7 Å². The van der Waals surface area contributed by atoms with E-state index in [-0.39, 0.29) is 6.61 Å². The Balaban J connectivity index is 2.50. The van der Waals surface area contributed by atoms with E-state index in [1.54, 1.807) is 0 Å². The van der Waals surface area contributed by atoms with Gasteiger partial charge < -0.3 is 5.11 Å². The highest BCUT2D eigenvalue weighted by molar-refractivity contribution is 5.23. The summed E-state index contributed by atoms with van der Waals surface area (Å²) in [5.74, 6) is 1.38. The summed E-state index contributed by atoms with van der Waals surface area (Å²) >= 11 is 0. The third kappa shape index (κ3) is 2.19. The molecule has 1 aliphatic rings. The number of rotatable bonds is 2. The molecule has 1 aliphatic carbocycles. The number of hydrogen-bond acceptors (Lipinski definition) is 1. The van der Waals surface area contributed by atoms with Gasteiger partial charge in [-0.05, 0) is 23.8 Å². The van der Waals surface area contributed by atoms with Gasteiger partial charge in [-0.3, -0.25) is 0 Å². The van der Waals surface area contributed by atoms with Gasteiger partial charge in [0.05, 0.1) is 6.61 Å². The normalized spacial score (nSPS) is 24.0. The van der Waals surface area contributed by atoms with E-state index in [0.29, 0.717) is 11.8 Å². The van der Waals surface area contributed by atoms with Gasteiger partial charge in [0, 0.05) is 0 Å². The smallest absolute Gasteiger partial charge is 0.0678 e. The molecule has 0 unspecified atom stereocenters. The minimum absolute atomic E-state index is 0.182. The molecular formula is C10H16O. The number of allylic oxidation sites excluding steroid dienone is 2. The minimum Gasteiger partial charge on any atom is -0.392 e. The average Bonchev–Trinajstić information content (AvgIpc) is 2.05. The van der Waals surface area contributed by atoms with Gasteiger partial charge >= 0.3 is 0 Å². The molecule has 0 heterocycles. The Morgan fingerprint density at radius 3 is 2.73 bits per heavy atom. The van der Waals surface area contributed by atoms with E-state index in [1.807, 2.05) is 6.08 Å². The van der Waals surface area contributed by atoms with Gasteiger partial charge in [-0.15, -0.1) is 0 Å². The van der Waals surface area contributed by atoms with Crippen LogP contribution in [0.2, 0.25) is 0 Å². The maximum absolute atomic E-state index is 8.80. The van der Waals surface area contributed by atoms with Crippen LogP contribution in [0.3, 0.4) is 0 Å². The van der Waals surface area contributed by atoms with Crippen molar-refractivity contribution in [3.63, 3.8) is 0 Å². The average molecular weight is 152 g/mol. The summed E-state index contributed by atoms with van der Waals surface area (Å²) in [6, 6.07) is 0.